The summed E-state index contributed by atoms with van der Waals surface area (Å²) < 4.78 is 9.84. The van der Waals surface area contributed by atoms with Gasteiger partial charge in [-0.2, -0.15) is 0 Å². The summed E-state index contributed by atoms with van der Waals surface area (Å²) in [6.07, 6.45) is 0. The SMILES string of the molecule is COc1ccc2c(c1)n(Cc1ccc(CO)cc1)c(=Nc1ccc(C(C)C)c(C)c1)n2C. The zero-order valence-corrected chi connectivity index (χ0v) is 19.5. The Hall–Kier alpha value is -3.31. The molecule has 0 saturated heterocycles. The van der Waals surface area contributed by atoms with E-state index in [1.807, 2.05) is 25.2 Å². The van der Waals surface area contributed by atoms with E-state index < -0.39 is 0 Å². The number of benzene rings is 3. The lowest BCUT2D eigenvalue weighted by Gasteiger charge is -2.10. The molecule has 0 bridgehead atoms. The molecule has 0 aliphatic carbocycles. The molecule has 0 atom stereocenters. The number of imidazole rings is 1. The number of aliphatic hydroxyl groups is 1. The summed E-state index contributed by atoms with van der Waals surface area (Å²) in [4.78, 5) is 5.07. The average Bonchev–Trinajstić information content (AvgIpc) is 3.04. The summed E-state index contributed by atoms with van der Waals surface area (Å²) in [7, 11) is 3.74. The molecule has 0 spiro atoms. The highest BCUT2D eigenvalue weighted by atomic mass is 16.5. The van der Waals surface area contributed by atoms with Crippen molar-refractivity contribution in [1.82, 2.24) is 9.13 Å². The van der Waals surface area contributed by atoms with E-state index in [2.05, 4.69) is 72.4 Å². The molecule has 4 aromatic rings. The number of ether oxygens (including phenoxy) is 1. The smallest absolute Gasteiger partial charge is 0.211 e. The van der Waals surface area contributed by atoms with Crippen LogP contribution in [0.4, 0.5) is 5.69 Å². The lowest BCUT2D eigenvalue weighted by atomic mass is 9.98. The number of hydrogen-bond acceptors (Lipinski definition) is 3. The van der Waals surface area contributed by atoms with Crippen molar-refractivity contribution in [2.24, 2.45) is 12.0 Å². The van der Waals surface area contributed by atoms with E-state index in [0.29, 0.717) is 12.5 Å². The molecule has 0 saturated carbocycles. The van der Waals surface area contributed by atoms with Crippen LogP contribution < -0.4 is 10.4 Å². The molecular formula is C27H31N3O2. The van der Waals surface area contributed by atoms with Crippen LogP contribution in [-0.4, -0.2) is 21.4 Å². The van der Waals surface area contributed by atoms with Gasteiger partial charge in [0, 0.05) is 13.1 Å². The molecule has 0 aliphatic heterocycles. The number of aromatic nitrogens is 2. The largest absolute Gasteiger partial charge is 0.497 e. The van der Waals surface area contributed by atoms with Gasteiger partial charge in [0.15, 0.2) is 0 Å². The predicted molar refractivity (Wildman–Crippen MR) is 129 cm³/mol. The van der Waals surface area contributed by atoms with Crippen molar-refractivity contribution in [1.29, 1.82) is 0 Å². The molecular weight excluding hydrogens is 398 g/mol. The first-order valence-corrected chi connectivity index (χ1v) is 11.0. The molecule has 4 rings (SSSR count). The monoisotopic (exact) mass is 429 g/mol. The zero-order valence-electron chi connectivity index (χ0n) is 19.5. The van der Waals surface area contributed by atoms with Crippen LogP contribution in [0.15, 0.2) is 65.7 Å². The number of hydrogen-bond donors (Lipinski definition) is 1. The second kappa shape index (κ2) is 9.05. The number of aliphatic hydroxyl groups excluding tert-OH is 1. The highest BCUT2D eigenvalue weighted by Crippen LogP contribution is 2.25. The minimum Gasteiger partial charge on any atom is -0.497 e. The van der Waals surface area contributed by atoms with Crippen molar-refractivity contribution in [3.63, 3.8) is 0 Å². The van der Waals surface area contributed by atoms with Crippen molar-refractivity contribution in [3.05, 3.63) is 88.5 Å². The van der Waals surface area contributed by atoms with Crippen LogP contribution in [0.5, 0.6) is 5.75 Å². The summed E-state index contributed by atoms with van der Waals surface area (Å²) in [5.74, 6) is 1.30. The highest BCUT2D eigenvalue weighted by molar-refractivity contribution is 5.78. The predicted octanol–water partition coefficient (Wildman–Crippen LogP) is 5.19. The number of fused-ring (bicyclic) bond motifs is 1. The minimum atomic E-state index is 0.0468. The Morgan fingerprint density at radius 2 is 1.66 bits per heavy atom. The number of aryl methyl sites for hydroxylation is 2. The molecule has 0 unspecified atom stereocenters. The van der Waals surface area contributed by atoms with Crippen LogP contribution in [0.2, 0.25) is 0 Å². The van der Waals surface area contributed by atoms with Gasteiger partial charge in [0.2, 0.25) is 5.62 Å². The topological polar surface area (TPSA) is 51.7 Å². The third kappa shape index (κ3) is 4.21. The van der Waals surface area contributed by atoms with Crippen LogP contribution in [0.3, 0.4) is 0 Å². The Balaban J connectivity index is 1.90. The first-order valence-electron chi connectivity index (χ1n) is 11.0. The molecule has 1 N–H and O–H groups in total. The zero-order chi connectivity index (χ0) is 22.8. The summed E-state index contributed by atoms with van der Waals surface area (Å²) in [5.41, 5.74) is 8.62. The Kier molecular flexibility index (Phi) is 6.19. The van der Waals surface area contributed by atoms with Crippen molar-refractivity contribution >= 4 is 16.7 Å². The standard InChI is InChI=1S/C27H31N3O2/c1-18(2)24-12-10-22(14-19(24)3)28-27-29(4)25-13-11-23(32-5)15-26(25)30(27)16-20-6-8-21(17-31)9-7-20/h6-15,18,31H,16-17H2,1-5H3. The Bertz CT molecular complexity index is 1310. The quantitative estimate of drug-likeness (QED) is 0.458. The molecule has 0 amide bonds. The third-order valence-electron chi connectivity index (χ3n) is 6.03. The molecule has 32 heavy (non-hydrogen) atoms. The Labute approximate surface area is 189 Å². The van der Waals surface area contributed by atoms with E-state index in [9.17, 15) is 5.11 Å². The fourth-order valence-electron chi connectivity index (χ4n) is 4.24. The Morgan fingerprint density at radius 1 is 0.938 bits per heavy atom. The number of methoxy groups -OCH3 is 1. The highest BCUT2D eigenvalue weighted by Gasteiger charge is 2.12. The van der Waals surface area contributed by atoms with Crippen LogP contribution in [-0.2, 0) is 20.2 Å². The minimum absolute atomic E-state index is 0.0468. The van der Waals surface area contributed by atoms with Gasteiger partial charge in [0.05, 0.1) is 37.0 Å². The first kappa shape index (κ1) is 21.9. The average molecular weight is 430 g/mol. The van der Waals surface area contributed by atoms with Gasteiger partial charge in [-0.1, -0.05) is 44.2 Å². The van der Waals surface area contributed by atoms with Crippen LogP contribution in [0.1, 0.15) is 42.0 Å². The van der Waals surface area contributed by atoms with Gasteiger partial charge in [-0.25, -0.2) is 4.99 Å². The van der Waals surface area contributed by atoms with Crippen molar-refractivity contribution < 1.29 is 9.84 Å². The van der Waals surface area contributed by atoms with Gasteiger partial charge in [-0.3, -0.25) is 0 Å². The molecule has 0 fully saturated rings. The fraction of sp³-hybridized carbons (Fsp3) is 0.296. The first-order chi connectivity index (χ1) is 15.4. The van der Waals surface area contributed by atoms with Gasteiger partial charge >= 0.3 is 0 Å². The number of rotatable bonds is 6. The van der Waals surface area contributed by atoms with E-state index in [4.69, 9.17) is 9.73 Å². The normalized spacial score (nSPS) is 12.2. The lowest BCUT2D eigenvalue weighted by molar-refractivity contribution is 0.282. The van der Waals surface area contributed by atoms with Gasteiger partial charge in [-0.05, 0) is 59.4 Å². The molecule has 0 radical (unpaired) electrons. The van der Waals surface area contributed by atoms with Crippen molar-refractivity contribution in [2.45, 2.75) is 39.8 Å². The van der Waals surface area contributed by atoms with Gasteiger partial charge in [0.25, 0.3) is 0 Å². The fourth-order valence-corrected chi connectivity index (χ4v) is 4.24. The number of nitrogens with zero attached hydrogens (tertiary/aromatic N) is 3. The van der Waals surface area contributed by atoms with E-state index in [0.717, 1.165) is 39.2 Å². The summed E-state index contributed by atoms with van der Waals surface area (Å²) in [6, 6.07) is 20.6. The Morgan fingerprint density at radius 3 is 2.28 bits per heavy atom. The van der Waals surface area contributed by atoms with E-state index in [-0.39, 0.29) is 6.61 Å². The summed E-state index contributed by atoms with van der Waals surface area (Å²) in [5, 5.41) is 9.37. The summed E-state index contributed by atoms with van der Waals surface area (Å²) in [6.45, 7) is 7.29. The van der Waals surface area contributed by atoms with E-state index >= 15 is 0 Å². The van der Waals surface area contributed by atoms with E-state index in [1.165, 1.54) is 11.1 Å². The van der Waals surface area contributed by atoms with Crippen LogP contribution in [0.25, 0.3) is 11.0 Å². The molecule has 3 aromatic carbocycles. The van der Waals surface area contributed by atoms with Crippen molar-refractivity contribution in [3.8, 4) is 5.75 Å². The van der Waals surface area contributed by atoms with Gasteiger partial charge in [0.1, 0.15) is 5.75 Å². The second-order valence-electron chi connectivity index (χ2n) is 8.58. The maximum atomic E-state index is 9.37. The molecule has 5 nitrogen and oxygen atoms in total. The van der Waals surface area contributed by atoms with Crippen LogP contribution >= 0.6 is 0 Å². The lowest BCUT2D eigenvalue weighted by Crippen LogP contribution is -2.24. The molecule has 1 heterocycles. The second-order valence-corrected chi connectivity index (χ2v) is 8.58. The molecule has 0 aliphatic rings. The molecule has 166 valence electrons. The maximum Gasteiger partial charge on any atom is 0.211 e. The third-order valence-corrected chi connectivity index (χ3v) is 6.03. The van der Waals surface area contributed by atoms with E-state index in [1.54, 1.807) is 7.11 Å². The van der Waals surface area contributed by atoms with Gasteiger partial charge in [-0.15, -0.1) is 0 Å². The molecule has 5 heteroatoms. The van der Waals surface area contributed by atoms with Gasteiger partial charge < -0.3 is 19.0 Å². The van der Waals surface area contributed by atoms with Crippen molar-refractivity contribution in [2.75, 3.05) is 7.11 Å². The van der Waals surface area contributed by atoms with Crippen LogP contribution in [0, 0.1) is 6.92 Å². The molecule has 1 aromatic heterocycles. The maximum absolute atomic E-state index is 9.37. The summed E-state index contributed by atoms with van der Waals surface area (Å²) >= 11 is 0.